The second-order valence-electron chi connectivity index (χ2n) is 6.62. The summed E-state index contributed by atoms with van der Waals surface area (Å²) in [6.45, 7) is 3.96. The Hall–Kier alpha value is -1.51. The van der Waals surface area contributed by atoms with Gasteiger partial charge in [-0.25, -0.2) is 0 Å². The molecule has 1 saturated carbocycles. The van der Waals surface area contributed by atoms with E-state index < -0.39 is 0 Å². The largest absolute Gasteiger partial charge is 0.388 e. The van der Waals surface area contributed by atoms with Crippen LogP contribution in [0.15, 0.2) is 18.2 Å². The Morgan fingerprint density at radius 1 is 1.19 bits per heavy atom. The minimum absolute atomic E-state index is 0.213. The number of piperidine rings is 1. The molecule has 2 atom stereocenters. The zero-order chi connectivity index (χ0) is 14.8. The van der Waals surface area contributed by atoms with E-state index in [0.29, 0.717) is 0 Å². The molecule has 0 spiro atoms. The lowest BCUT2D eigenvalue weighted by Gasteiger charge is -2.41. The van der Waals surface area contributed by atoms with Crippen molar-refractivity contribution in [2.24, 2.45) is 11.8 Å². The van der Waals surface area contributed by atoms with Crippen molar-refractivity contribution in [1.82, 2.24) is 4.90 Å². The highest BCUT2D eigenvalue weighted by Gasteiger charge is 2.33. The molecule has 0 radical (unpaired) electrons. The van der Waals surface area contributed by atoms with Crippen LogP contribution in [0.4, 0.5) is 5.69 Å². The summed E-state index contributed by atoms with van der Waals surface area (Å²) in [4.78, 5) is 14.8. The van der Waals surface area contributed by atoms with E-state index in [1.807, 2.05) is 25.2 Å². The summed E-state index contributed by atoms with van der Waals surface area (Å²) < 4.78 is 0. The molecule has 1 heterocycles. The maximum absolute atomic E-state index is 12.7. The van der Waals surface area contributed by atoms with E-state index in [2.05, 4.69) is 17.1 Å². The fourth-order valence-electron chi connectivity index (χ4n) is 4.05. The summed E-state index contributed by atoms with van der Waals surface area (Å²) in [5.74, 6) is 1.83. The van der Waals surface area contributed by atoms with Gasteiger partial charge in [-0.05, 0) is 55.4 Å². The number of benzene rings is 1. The number of nitrogens with one attached hydrogen (secondary N) is 1. The summed E-state index contributed by atoms with van der Waals surface area (Å²) in [7, 11) is 1.91. The van der Waals surface area contributed by atoms with Gasteiger partial charge in [0.2, 0.25) is 0 Å². The van der Waals surface area contributed by atoms with Crippen molar-refractivity contribution in [2.45, 2.75) is 39.0 Å². The third kappa shape index (κ3) is 2.92. The van der Waals surface area contributed by atoms with Gasteiger partial charge in [0, 0.05) is 31.4 Å². The van der Waals surface area contributed by atoms with Crippen LogP contribution in [0.1, 0.15) is 48.0 Å². The lowest BCUT2D eigenvalue weighted by molar-refractivity contribution is 0.0521. The number of carbonyl (C=O) groups is 1. The van der Waals surface area contributed by atoms with Crippen LogP contribution < -0.4 is 5.32 Å². The molecule has 1 aromatic carbocycles. The van der Waals surface area contributed by atoms with Crippen LogP contribution in [0.25, 0.3) is 0 Å². The van der Waals surface area contributed by atoms with Crippen molar-refractivity contribution in [3.05, 3.63) is 29.3 Å². The molecule has 1 aromatic rings. The van der Waals surface area contributed by atoms with Crippen LogP contribution in [0.3, 0.4) is 0 Å². The van der Waals surface area contributed by atoms with Gasteiger partial charge in [-0.1, -0.05) is 19.3 Å². The zero-order valence-corrected chi connectivity index (χ0v) is 13.2. The monoisotopic (exact) mass is 286 g/mol. The molecular formula is C18H26N2O. The normalized spacial score (nSPS) is 25.3. The van der Waals surface area contributed by atoms with E-state index in [-0.39, 0.29) is 5.91 Å². The number of aryl methyl sites for hydroxylation is 1. The number of anilines is 1. The summed E-state index contributed by atoms with van der Waals surface area (Å²) in [6, 6.07) is 5.98. The van der Waals surface area contributed by atoms with Gasteiger partial charge < -0.3 is 10.2 Å². The third-order valence-corrected chi connectivity index (χ3v) is 5.32. The Morgan fingerprint density at radius 2 is 1.95 bits per heavy atom. The van der Waals surface area contributed by atoms with Gasteiger partial charge in [0.05, 0.1) is 0 Å². The fraction of sp³-hybridized carbons (Fsp3) is 0.611. The fourth-order valence-corrected chi connectivity index (χ4v) is 4.05. The first-order chi connectivity index (χ1) is 10.2. The first kappa shape index (κ1) is 14.4. The highest BCUT2D eigenvalue weighted by Crippen LogP contribution is 2.36. The molecule has 3 heteroatoms. The minimum atomic E-state index is 0.213. The molecule has 0 bridgehead atoms. The average molecular weight is 286 g/mol. The number of amides is 1. The second-order valence-corrected chi connectivity index (χ2v) is 6.62. The van der Waals surface area contributed by atoms with Gasteiger partial charge in [-0.2, -0.15) is 0 Å². The second kappa shape index (κ2) is 6.08. The van der Waals surface area contributed by atoms with Crippen molar-refractivity contribution in [1.29, 1.82) is 0 Å². The quantitative estimate of drug-likeness (QED) is 0.899. The number of rotatable bonds is 2. The molecule has 0 aromatic heterocycles. The first-order valence-corrected chi connectivity index (χ1v) is 8.26. The molecule has 114 valence electrons. The van der Waals surface area contributed by atoms with E-state index in [0.717, 1.165) is 41.7 Å². The number of nitrogens with zero attached hydrogens (tertiary/aromatic N) is 1. The number of carbonyl (C=O) groups excluding carboxylic acids is 1. The molecule has 1 aliphatic carbocycles. The predicted molar refractivity (Wildman–Crippen MR) is 86.7 cm³/mol. The summed E-state index contributed by atoms with van der Waals surface area (Å²) in [5.41, 5.74) is 3.06. The van der Waals surface area contributed by atoms with Crippen molar-refractivity contribution >= 4 is 11.6 Å². The van der Waals surface area contributed by atoms with Gasteiger partial charge in [-0.3, -0.25) is 4.79 Å². The van der Waals surface area contributed by atoms with Crippen LogP contribution in [-0.4, -0.2) is 30.9 Å². The molecule has 1 saturated heterocycles. The Bertz CT molecular complexity index is 526. The molecule has 1 amide bonds. The predicted octanol–water partition coefficient (Wildman–Crippen LogP) is 3.69. The summed E-state index contributed by atoms with van der Waals surface area (Å²) in [6.07, 6.45) is 6.62. The van der Waals surface area contributed by atoms with E-state index in [1.54, 1.807) is 0 Å². The maximum atomic E-state index is 12.7. The maximum Gasteiger partial charge on any atom is 0.253 e. The van der Waals surface area contributed by atoms with Crippen LogP contribution in [0.2, 0.25) is 0 Å². The Morgan fingerprint density at radius 3 is 2.67 bits per heavy atom. The number of likely N-dealkylation sites (tertiary alicyclic amines) is 1. The third-order valence-electron chi connectivity index (χ3n) is 5.32. The van der Waals surface area contributed by atoms with Gasteiger partial charge in [0.15, 0.2) is 0 Å². The number of fused-ring (bicyclic) bond motifs is 1. The summed E-state index contributed by atoms with van der Waals surface area (Å²) in [5, 5.41) is 3.15. The smallest absolute Gasteiger partial charge is 0.253 e. The van der Waals surface area contributed by atoms with Crippen LogP contribution in [0.5, 0.6) is 0 Å². The highest BCUT2D eigenvalue weighted by molar-refractivity contribution is 5.95. The van der Waals surface area contributed by atoms with Crippen molar-refractivity contribution in [3.8, 4) is 0 Å². The topological polar surface area (TPSA) is 32.3 Å². The molecule has 21 heavy (non-hydrogen) atoms. The molecule has 2 unspecified atom stereocenters. The molecule has 3 rings (SSSR count). The molecule has 1 N–H and O–H groups in total. The molecular weight excluding hydrogens is 260 g/mol. The Balaban J connectivity index is 1.71. The number of hydrogen-bond acceptors (Lipinski definition) is 2. The molecule has 2 aliphatic rings. The van der Waals surface area contributed by atoms with Crippen LogP contribution in [-0.2, 0) is 0 Å². The Kier molecular flexibility index (Phi) is 4.18. The average Bonchev–Trinajstić information content (AvgIpc) is 2.53. The lowest BCUT2D eigenvalue weighted by Crippen LogP contribution is -2.44. The lowest BCUT2D eigenvalue weighted by atomic mass is 9.75. The van der Waals surface area contributed by atoms with E-state index in [1.165, 1.54) is 32.1 Å². The first-order valence-electron chi connectivity index (χ1n) is 8.26. The van der Waals surface area contributed by atoms with Gasteiger partial charge in [0.1, 0.15) is 0 Å². The zero-order valence-electron chi connectivity index (χ0n) is 13.2. The summed E-state index contributed by atoms with van der Waals surface area (Å²) >= 11 is 0. The van der Waals surface area contributed by atoms with Gasteiger partial charge in [0.25, 0.3) is 5.91 Å². The van der Waals surface area contributed by atoms with E-state index in [9.17, 15) is 4.79 Å². The minimum Gasteiger partial charge on any atom is -0.388 e. The highest BCUT2D eigenvalue weighted by atomic mass is 16.2. The van der Waals surface area contributed by atoms with Crippen molar-refractivity contribution in [2.75, 3.05) is 25.5 Å². The molecule has 1 aliphatic heterocycles. The van der Waals surface area contributed by atoms with Crippen molar-refractivity contribution in [3.63, 3.8) is 0 Å². The van der Waals surface area contributed by atoms with E-state index >= 15 is 0 Å². The van der Waals surface area contributed by atoms with E-state index in [4.69, 9.17) is 0 Å². The standard InChI is InChI=1S/C18H26N2O/c1-13-11-15(7-8-17(13)19-2)18(21)20-10-9-14-5-3-4-6-16(14)12-20/h7-8,11,14,16,19H,3-6,9-10,12H2,1-2H3. The van der Waals surface area contributed by atoms with Crippen LogP contribution in [0, 0.1) is 18.8 Å². The van der Waals surface area contributed by atoms with Gasteiger partial charge >= 0.3 is 0 Å². The number of hydrogen-bond donors (Lipinski definition) is 1. The van der Waals surface area contributed by atoms with Gasteiger partial charge in [-0.15, -0.1) is 0 Å². The SMILES string of the molecule is CNc1ccc(C(=O)N2CCC3CCCCC3C2)cc1C. The molecule has 3 nitrogen and oxygen atoms in total. The molecule has 2 fully saturated rings. The Labute approximate surface area is 127 Å². The van der Waals surface area contributed by atoms with Crippen molar-refractivity contribution < 1.29 is 4.79 Å². The van der Waals surface area contributed by atoms with Crippen LogP contribution >= 0.6 is 0 Å².